The summed E-state index contributed by atoms with van der Waals surface area (Å²) in [5.41, 5.74) is 1.46. The third-order valence-electron chi connectivity index (χ3n) is 3.75. The van der Waals surface area contributed by atoms with Crippen molar-refractivity contribution >= 4 is 11.8 Å². The molecule has 2 rings (SSSR count). The maximum absolute atomic E-state index is 4.35. The predicted molar refractivity (Wildman–Crippen MR) is 79.3 cm³/mol. The van der Waals surface area contributed by atoms with Crippen molar-refractivity contribution in [2.45, 2.75) is 44.6 Å². The summed E-state index contributed by atoms with van der Waals surface area (Å²) in [6.45, 7) is 3.46. The standard InChI is InChI=1S/C14H25N3S/c1-18-10-4-2-3-9-17-12-16-11-14(17)13-5-7-15-8-6-13/h11-13,15H,2-10H2,1H3. The summed E-state index contributed by atoms with van der Waals surface area (Å²) in [6.07, 6.45) is 12.8. The van der Waals surface area contributed by atoms with Crippen molar-refractivity contribution in [3.63, 3.8) is 0 Å². The van der Waals surface area contributed by atoms with Crippen LogP contribution in [0.25, 0.3) is 0 Å². The van der Waals surface area contributed by atoms with Crippen LogP contribution in [0.3, 0.4) is 0 Å². The van der Waals surface area contributed by atoms with E-state index in [4.69, 9.17) is 0 Å². The fourth-order valence-corrected chi connectivity index (χ4v) is 3.17. The van der Waals surface area contributed by atoms with Gasteiger partial charge in [-0.2, -0.15) is 11.8 Å². The quantitative estimate of drug-likeness (QED) is 0.770. The molecule has 3 nitrogen and oxygen atoms in total. The van der Waals surface area contributed by atoms with Crippen molar-refractivity contribution in [3.8, 4) is 0 Å². The first-order valence-electron chi connectivity index (χ1n) is 7.11. The molecular formula is C14H25N3S. The van der Waals surface area contributed by atoms with Crippen LogP contribution in [0.5, 0.6) is 0 Å². The van der Waals surface area contributed by atoms with Gasteiger partial charge < -0.3 is 9.88 Å². The smallest absolute Gasteiger partial charge is 0.0948 e. The fourth-order valence-electron chi connectivity index (χ4n) is 2.68. The number of aryl methyl sites for hydroxylation is 1. The van der Waals surface area contributed by atoms with E-state index in [1.807, 2.05) is 18.1 Å². The molecule has 1 aromatic heterocycles. The number of imidazole rings is 1. The molecule has 1 aromatic rings. The van der Waals surface area contributed by atoms with Crippen LogP contribution in [0.2, 0.25) is 0 Å². The molecule has 0 atom stereocenters. The lowest BCUT2D eigenvalue weighted by atomic mass is 9.95. The minimum Gasteiger partial charge on any atom is -0.334 e. The predicted octanol–water partition coefficient (Wildman–Crippen LogP) is 2.88. The third kappa shape index (κ3) is 4.02. The van der Waals surface area contributed by atoms with Gasteiger partial charge in [0.2, 0.25) is 0 Å². The van der Waals surface area contributed by atoms with E-state index in [0.717, 1.165) is 25.6 Å². The molecule has 0 aliphatic carbocycles. The number of hydrogen-bond acceptors (Lipinski definition) is 3. The van der Waals surface area contributed by atoms with E-state index in [9.17, 15) is 0 Å². The Morgan fingerprint density at radius 1 is 1.33 bits per heavy atom. The maximum atomic E-state index is 4.35. The van der Waals surface area contributed by atoms with E-state index < -0.39 is 0 Å². The molecule has 2 heterocycles. The average Bonchev–Trinajstić information content (AvgIpc) is 2.88. The molecule has 0 unspecified atom stereocenters. The lowest BCUT2D eigenvalue weighted by molar-refractivity contribution is 0.435. The average molecular weight is 267 g/mol. The highest BCUT2D eigenvalue weighted by Gasteiger charge is 2.18. The molecule has 102 valence electrons. The van der Waals surface area contributed by atoms with Crippen molar-refractivity contribution in [1.82, 2.24) is 14.9 Å². The normalized spacial score (nSPS) is 17.2. The third-order valence-corrected chi connectivity index (χ3v) is 4.45. The van der Waals surface area contributed by atoms with Gasteiger partial charge in [-0.25, -0.2) is 4.98 Å². The second-order valence-corrected chi connectivity index (χ2v) is 6.08. The van der Waals surface area contributed by atoms with Crippen LogP contribution in [0, 0.1) is 0 Å². The SMILES string of the molecule is CSCCCCCn1cncc1C1CCNCC1. The first-order chi connectivity index (χ1) is 8.92. The van der Waals surface area contributed by atoms with E-state index in [-0.39, 0.29) is 0 Å². The van der Waals surface area contributed by atoms with Crippen molar-refractivity contribution in [3.05, 3.63) is 18.2 Å². The highest BCUT2D eigenvalue weighted by atomic mass is 32.2. The van der Waals surface area contributed by atoms with Gasteiger partial charge in [0.25, 0.3) is 0 Å². The first kappa shape index (κ1) is 13.9. The molecule has 1 saturated heterocycles. The summed E-state index contributed by atoms with van der Waals surface area (Å²) in [5.74, 6) is 2.02. The molecule has 4 heteroatoms. The van der Waals surface area contributed by atoms with Gasteiger partial charge in [0, 0.05) is 24.4 Å². The zero-order valence-corrected chi connectivity index (χ0v) is 12.2. The van der Waals surface area contributed by atoms with E-state index in [2.05, 4.69) is 27.3 Å². The van der Waals surface area contributed by atoms with Crippen molar-refractivity contribution in [1.29, 1.82) is 0 Å². The molecule has 0 spiro atoms. The molecule has 1 aliphatic rings. The number of thioether (sulfide) groups is 1. The van der Waals surface area contributed by atoms with Crippen LogP contribution in [0.1, 0.15) is 43.7 Å². The maximum Gasteiger partial charge on any atom is 0.0948 e. The molecule has 0 aromatic carbocycles. The van der Waals surface area contributed by atoms with Gasteiger partial charge in [-0.3, -0.25) is 0 Å². The van der Waals surface area contributed by atoms with E-state index in [1.165, 1.54) is 43.6 Å². The van der Waals surface area contributed by atoms with E-state index >= 15 is 0 Å². The lowest BCUT2D eigenvalue weighted by Crippen LogP contribution is -2.27. The molecule has 1 aliphatic heterocycles. The molecule has 0 amide bonds. The van der Waals surface area contributed by atoms with Gasteiger partial charge in [-0.15, -0.1) is 0 Å². The molecule has 0 saturated carbocycles. The minimum absolute atomic E-state index is 0.722. The van der Waals surface area contributed by atoms with Crippen LogP contribution < -0.4 is 5.32 Å². The summed E-state index contributed by atoms with van der Waals surface area (Å²) in [5, 5.41) is 3.43. The van der Waals surface area contributed by atoms with E-state index in [1.54, 1.807) is 0 Å². The minimum atomic E-state index is 0.722. The summed E-state index contributed by atoms with van der Waals surface area (Å²) >= 11 is 1.95. The summed E-state index contributed by atoms with van der Waals surface area (Å²) in [7, 11) is 0. The van der Waals surface area contributed by atoms with Crippen LogP contribution in [0.15, 0.2) is 12.5 Å². The van der Waals surface area contributed by atoms with Crippen LogP contribution >= 0.6 is 11.8 Å². The number of nitrogens with zero attached hydrogens (tertiary/aromatic N) is 2. The Hall–Kier alpha value is -0.480. The highest BCUT2D eigenvalue weighted by Crippen LogP contribution is 2.25. The molecule has 1 fully saturated rings. The number of unbranched alkanes of at least 4 members (excludes halogenated alkanes) is 2. The van der Waals surface area contributed by atoms with Gasteiger partial charge in [-0.1, -0.05) is 6.42 Å². The van der Waals surface area contributed by atoms with Crippen LogP contribution in [0.4, 0.5) is 0 Å². The Morgan fingerprint density at radius 3 is 2.94 bits per heavy atom. The Morgan fingerprint density at radius 2 is 2.17 bits per heavy atom. The molecule has 1 N–H and O–H groups in total. The molecule has 18 heavy (non-hydrogen) atoms. The second kappa shape index (κ2) is 7.85. The Kier molecular flexibility index (Phi) is 6.08. The summed E-state index contributed by atoms with van der Waals surface area (Å²) in [6, 6.07) is 0. The largest absolute Gasteiger partial charge is 0.334 e. The van der Waals surface area contributed by atoms with Crippen molar-refractivity contribution in [2.75, 3.05) is 25.1 Å². The first-order valence-corrected chi connectivity index (χ1v) is 8.51. The Balaban J connectivity index is 1.79. The molecule has 0 radical (unpaired) electrons. The summed E-state index contributed by atoms with van der Waals surface area (Å²) < 4.78 is 2.38. The number of nitrogens with one attached hydrogen (secondary N) is 1. The number of rotatable bonds is 7. The zero-order chi connectivity index (χ0) is 12.6. The topological polar surface area (TPSA) is 29.9 Å². The number of hydrogen-bond donors (Lipinski definition) is 1. The molecular weight excluding hydrogens is 242 g/mol. The monoisotopic (exact) mass is 267 g/mol. The van der Waals surface area contributed by atoms with Crippen molar-refractivity contribution in [2.24, 2.45) is 0 Å². The Bertz CT molecular complexity index is 332. The number of piperidine rings is 1. The van der Waals surface area contributed by atoms with Gasteiger partial charge in [0.05, 0.1) is 6.33 Å². The Labute approximate surface area is 115 Å². The van der Waals surface area contributed by atoms with Crippen LogP contribution in [-0.2, 0) is 6.54 Å². The molecule has 0 bridgehead atoms. The van der Waals surface area contributed by atoms with Gasteiger partial charge >= 0.3 is 0 Å². The highest BCUT2D eigenvalue weighted by molar-refractivity contribution is 7.98. The van der Waals surface area contributed by atoms with Crippen LogP contribution in [-0.4, -0.2) is 34.6 Å². The van der Waals surface area contributed by atoms with Crippen molar-refractivity contribution < 1.29 is 0 Å². The van der Waals surface area contributed by atoms with Gasteiger partial charge in [0.15, 0.2) is 0 Å². The lowest BCUT2D eigenvalue weighted by Gasteiger charge is -2.23. The second-order valence-electron chi connectivity index (χ2n) is 5.09. The van der Waals surface area contributed by atoms with E-state index in [0.29, 0.717) is 0 Å². The number of aromatic nitrogens is 2. The van der Waals surface area contributed by atoms with Gasteiger partial charge in [-0.05, 0) is 50.8 Å². The van der Waals surface area contributed by atoms with Gasteiger partial charge in [0.1, 0.15) is 0 Å². The zero-order valence-electron chi connectivity index (χ0n) is 11.4. The summed E-state index contributed by atoms with van der Waals surface area (Å²) in [4.78, 5) is 4.35. The fraction of sp³-hybridized carbons (Fsp3) is 0.786.